The van der Waals surface area contributed by atoms with Gasteiger partial charge in [-0.25, -0.2) is 4.98 Å². The lowest BCUT2D eigenvalue weighted by Gasteiger charge is -2.01. The minimum atomic E-state index is -0.295. The second kappa shape index (κ2) is 6.31. The molecule has 0 unspecified atom stereocenters. The van der Waals surface area contributed by atoms with Crippen molar-refractivity contribution < 1.29 is 4.79 Å². The second-order valence-electron chi connectivity index (χ2n) is 4.91. The van der Waals surface area contributed by atoms with E-state index in [0.717, 1.165) is 11.3 Å². The van der Waals surface area contributed by atoms with Gasteiger partial charge in [0, 0.05) is 28.7 Å². The first kappa shape index (κ1) is 16.0. The molecule has 3 aromatic rings. The minimum Gasteiger partial charge on any atom is -0.296 e. The molecular formula is C15H12Cl2N4OS. The predicted molar refractivity (Wildman–Crippen MR) is 93.5 cm³/mol. The lowest BCUT2D eigenvalue weighted by atomic mass is 10.2. The Morgan fingerprint density at radius 2 is 2.09 bits per heavy atom. The average molecular weight is 367 g/mol. The van der Waals surface area contributed by atoms with E-state index in [0.29, 0.717) is 26.6 Å². The third-order valence-electron chi connectivity index (χ3n) is 3.28. The van der Waals surface area contributed by atoms with Crippen LogP contribution in [0.4, 0.5) is 5.13 Å². The van der Waals surface area contributed by atoms with Crippen LogP contribution in [0, 0.1) is 6.92 Å². The number of amides is 1. The fourth-order valence-corrected chi connectivity index (χ4v) is 3.20. The lowest BCUT2D eigenvalue weighted by Crippen LogP contribution is -2.12. The third-order valence-corrected chi connectivity index (χ3v) is 4.58. The van der Waals surface area contributed by atoms with Crippen LogP contribution < -0.4 is 5.32 Å². The van der Waals surface area contributed by atoms with Gasteiger partial charge < -0.3 is 0 Å². The van der Waals surface area contributed by atoms with Crippen molar-refractivity contribution in [2.75, 3.05) is 5.32 Å². The molecular weight excluding hydrogens is 355 g/mol. The summed E-state index contributed by atoms with van der Waals surface area (Å²) in [5.74, 6) is -0.295. The first-order chi connectivity index (χ1) is 10.9. The van der Waals surface area contributed by atoms with Gasteiger partial charge in [-0.2, -0.15) is 5.10 Å². The largest absolute Gasteiger partial charge is 0.296 e. The molecule has 5 nitrogen and oxygen atoms in total. The molecule has 0 aliphatic rings. The summed E-state index contributed by atoms with van der Waals surface area (Å²) in [7, 11) is 1.79. The molecule has 0 saturated heterocycles. The van der Waals surface area contributed by atoms with E-state index in [2.05, 4.69) is 15.4 Å². The third kappa shape index (κ3) is 3.39. The average Bonchev–Trinajstić information content (AvgIpc) is 3.07. The fraction of sp³-hybridized carbons (Fsp3) is 0.133. The molecule has 2 aromatic heterocycles. The summed E-state index contributed by atoms with van der Waals surface area (Å²) in [6, 6.07) is 6.93. The Hall–Kier alpha value is -1.89. The first-order valence-corrected chi connectivity index (χ1v) is 8.30. The normalized spacial score (nSPS) is 10.8. The smallest absolute Gasteiger partial charge is 0.277 e. The Kier molecular flexibility index (Phi) is 4.39. The molecule has 1 N–H and O–H groups in total. The summed E-state index contributed by atoms with van der Waals surface area (Å²) < 4.78 is 1.65. The van der Waals surface area contributed by atoms with Gasteiger partial charge >= 0.3 is 0 Å². The maximum Gasteiger partial charge on any atom is 0.277 e. The SMILES string of the molecule is Cc1cc(C(=O)Nc2nc(-c3ccc(Cl)cc3Cl)cs2)nn1C. The Bertz CT molecular complexity index is 868. The molecule has 0 spiro atoms. The number of aryl methyl sites for hydroxylation is 2. The molecule has 1 amide bonds. The number of thiazole rings is 1. The minimum absolute atomic E-state index is 0.295. The second-order valence-corrected chi connectivity index (χ2v) is 6.61. The van der Waals surface area contributed by atoms with Crippen molar-refractivity contribution >= 4 is 45.6 Å². The van der Waals surface area contributed by atoms with Gasteiger partial charge in [0.05, 0.1) is 10.7 Å². The van der Waals surface area contributed by atoms with Crippen LogP contribution in [0.5, 0.6) is 0 Å². The van der Waals surface area contributed by atoms with Gasteiger partial charge in [0.2, 0.25) is 0 Å². The van der Waals surface area contributed by atoms with Crippen molar-refractivity contribution in [2.24, 2.45) is 7.05 Å². The van der Waals surface area contributed by atoms with Crippen LogP contribution in [0.2, 0.25) is 10.0 Å². The summed E-state index contributed by atoms with van der Waals surface area (Å²) in [5, 5.41) is 10.3. The number of carbonyl (C=O) groups excluding carboxylic acids is 1. The standard InChI is InChI=1S/C15H12Cl2N4OS/c1-8-5-12(20-21(8)2)14(22)19-15-18-13(7-23-15)10-4-3-9(16)6-11(10)17/h3-7H,1-2H3,(H,18,19,22). The maximum atomic E-state index is 12.2. The van der Waals surface area contributed by atoms with Gasteiger partial charge in [0.15, 0.2) is 10.8 Å². The molecule has 0 aliphatic carbocycles. The molecule has 2 heterocycles. The van der Waals surface area contributed by atoms with Crippen molar-refractivity contribution in [3.05, 3.63) is 51.1 Å². The molecule has 1 aromatic carbocycles. The summed E-state index contributed by atoms with van der Waals surface area (Å²) in [6.45, 7) is 1.88. The van der Waals surface area contributed by atoms with Gasteiger partial charge in [-0.05, 0) is 31.2 Å². The molecule has 0 fully saturated rings. The van der Waals surface area contributed by atoms with Gasteiger partial charge in [0.25, 0.3) is 5.91 Å². The number of rotatable bonds is 3. The number of hydrogen-bond donors (Lipinski definition) is 1. The molecule has 118 valence electrons. The van der Waals surface area contributed by atoms with E-state index in [1.54, 1.807) is 36.0 Å². The highest BCUT2D eigenvalue weighted by Crippen LogP contribution is 2.32. The number of hydrogen-bond acceptors (Lipinski definition) is 4. The van der Waals surface area contributed by atoms with E-state index in [9.17, 15) is 4.79 Å². The van der Waals surface area contributed by atoms with Crippen LogP contribution in [-0.4, -0.2) is 20.7 Å². The monoisotopic (exact) mass is 366 g/mol. The zero-order chi connectivity index (χ0) is 16.6. The molecule has 0 radical (unpaired) electrons. The Morgan fingerprint density at radius 1 is 1.30 bits per heavy atom. The maximum absolute atomic E-state index is 12.2. The molecule has 23 heavy (non-hydrogen) atoms. The van der Waals surface area contributed by atoms with Crippen molar-refractivity contribution in [3.8, 4) is 11.3 Å². The van der Waals surface area contributed by atoms with E-state index in [1.807, 2.05) is 12.3 Å². The van der Waals surface area contributed by atoms with E-state index < -0.39 is 0 Å². The highest BCUT2D eigenvalue weighted by atomic mass is 35.5. The number of benzene rings is 1. The van der Waals surface area contributed by atoms with Crippen molar-refractivity contribution in [3.63, 3.8) is 0 Å². The van der Waals surface area contributed by atoms with Crippen LogP contribution in [-0.2, 0) is 7.05 Å². The Labute approximate surface area is 146 Å². The number of carbonyl (C=O) groups is 1. The summed E-state index contributed by atoms with van der Waals surface area (Å²) >= 11 is 13.4. The van der Waals surface area contributed by atoms with Gasteiger partial charge in [-0.3, -0.25) is 14.8 Å². The highest BCUT2D eigenvalue weighted by Gasteiger charge is 2.14. The van der Waals surface area contributed by atoms with E-state index >= 15 is 0 Å². The molecule has 0 saturated carbocycles. The predicted octanol–water partition coefficient (Wildman–Crippen LogP) is 4.41. The van der Waals surface area contributed by atoms with Crippen molar-refractivity contribution in [1.29, 1.82) is 0 Å². The lowest BCUT2D eigenvalue weighted by molar-refractivity contribution is 0.102. The van der Waals surface area contributed by atoms with E-state index in [1.165, 1.54) is 11.3 Å². The van der Waals surface area contributed by atoms with Crippen LogP contribution in [0.1, 0.15) is 16.2 Å². The molecule has 3 rings (SSSR count). The number of nitrogens with one attached hydrogen (secondary N) is 1. The zero-order valence-electron chi connectivity index (χ0n) is 12.3. The van der Waals surface area contributed by atoms with Crippen molar-refractivity contribution in [2.45, 2.75) is 6.92 Å². The Balaban J connectivity index is 1.80. The number of halogens is 2. The van der Waals surface area contributed by atoms with E-state index in [4.69, 9.17) is 23.2 Å². The summed E-state index contributed by atoms with van der Waals surface area (Å²) in [4.78, 5) is 16.6. The first-order valence-electron chi connectivity index (χ1n) is 6.67. The zero-order valence-corrected chi connectivity index (χ0v) is 14.6. The van der Waals surface area contributed by atoms with Gasteiger partial charge in [0.1, 0.15) is 0 Å². The van der Waals surface area contributed by atoms with Crippen LogP contribution in [0.3, 0.4) is 0 Å². The molecule has 0 aliphatic heterocycles. The van der Waals surface area contributed by atoms with Crippen LogP contribution in [0.15, 0.2) is 29.6 Å². The Morgan fingerprint density at radius 3 is 2.74 bits per heavy atom. The highest BCUT2D eigenvalue weighted by molar-refractivity contribution is 7.14. The van der Waals surface area contributed by atoms with E-state index in [-0.39, 0.29) is 5.91 Å². The summed E-state index contributed by atoms with van der Waals surface area (Å²) in [5.41, 5.74) is 2.71. The van der Waals surface area contributed by atoms with Crippen LogP contribution in [0.25, 0.3) is 11.3 Å². The number of nitrogens with zero attached hydrogens (tertiary/aromatic N) is 3. The summed E-state index contributed by atoms with van der Waals surface area (Å²) in [6.07, 6.45) is 0. The van der Waals surface area contributed by atoms with Crippen LogP contribution >= 0.6 is 34.5 Å². The molecule has 8 heteroatoms. The van der Waals surface area contributed by atoms with Gasteiger partial charge in [-0.15, -0.1) is 11.3 Å². The topological polar surface area (TPSA) is 59.8 Å². The molecule has 0 atom stereocenters. The molecule has 0 bridgehead atoms. The quantitative estimate of drug-likeness (QED) is 0.746. The number of aromatic nitrogens is 3. The fourth-order valence-electron chi connectivity index (χ4n) is 1.98. The number of anilines is 1. The van der Waals surface area contributed by atoms with Gasteiger partial charge in [-0.1, -0.05) is 23.2 Å². The van der Waals surface area contributed by atoms with Crippen molar-refractivity contribution in [1.82, 2.24) is 14.8 Å².